The molecule has 1 N–H and O–H groups in total. The number of nitrogens with one attached hydrogen (secondary N) is 1. The van der Waals surface area contributed by atoms with Gasteiger partial charge >= 0.3 is 5.97 Å². The van der Waals surface area contributed by atoms with Gasteiger partial charge in [0.1, 0.15) is 0 Å². The minimum atomic E-state index is -0.342. The van der Waals surface area contributed by atoms with Crippen LogP contribution in [0.25, 0.3) is 0 Å². The van der Waals surface area contributed by atoms with Crippen molar-refractivity contribution in [3.63, 3.8) is 0 Å². The summed E-state index contributed by atoms with van der Waals surface area (Å²) in [6, 6.07) is 9.79. The summed E-state index contributed by atoms with van der Waals surface area (Å²) in [6.07, 6.45) is 1.93. The molecule has 0 aromatic heterocycles. The van der Waals surface area contributed by atoms with Crippen LogP contribution in [0, 0.1) is 11.8 Å². The molecular weight excluding hydrogens is 278 g/mol. The third-order valence-electron chi connectivity index (χ3n) is 3.44. The lowest BCUT2D eigenvalue weighted by Gasteiger charge is -2.16. The fourth-order valence-corrected chi connectivity index (χ4v) is 2.14. The topological polar surface area (TPSA) is 55.4 Å². The molecule has 0 saturated carbocycles. The average molecular weight is 305 g/mol. The highest BCUT2D eigenvalue weighted by molar-refractivity contribution is 5.78. The molecule has 0 saturated heterocycles. The second-order valence-corrected chi connectivity index (χ2v) is 5.88. The molecule has 1 aromatic rings. The number of amides is 1. The second-order valence-electron chi connectivity index (χ2n) is 5.88. The van der Waals surface area contributed by atoms with Crippen molar-refractivity contribution in [1.29, 1.82) is 0 Å². The minimum absolute atomic E-state index is 0.00365. The molecule has 0 fully saturated rings. The Morgan fingerprint density at radius 1 is 1.18 bits per heavy atom. The average Bonchev–Trinajstić information content (AvgIpc) is 2.50. The van der Waals surface area contributed by atoms with Gasteiger partial charge in [-0.25, -0.2) is 0 Å². The van der Waals surface area contributed by atoms with Crippen LogP contribution in [-0.4, -0.2) is 25.0 Å². The molecule has 4 nitrogen and oxygen atoms in total. The third-order valence-corrected chi connectivity index (χ3v) is 3.44. The lowest BCUT2D eigenvalue weighted by Crippen LogP contribution is -2.35. The third kappa shape index (κ3) is 7.25. The molecule has 0 bridgehead atoms. The van der Waals surface area contributed by atoms with E-state index in [1.54, 1.807) is 6.92 Å². The molecule has 1 atom stereocenters. The summed E-state index contributed by atoms with van der Waals surface area (Å²) in [5.74, 6) is -0.104. The lowest BCUT2D eigenvalue weighted by atomic mass is 9.99. The molecular formula is C18H27NO3. The van der Waals surface area contributed by atoms with Gasteiger partial charge in [-0.3, -0.25) is 9.59 Å². The first-order valence-electron chi connectivity index (χ1n) is 8.00. The maximum atomic E-state index is 12.1. The number of carbonyl (C=O) groups is 2. The van der Waals surface area contributed by atoms with E-state index in [4.69, 9.17) is 4.74 Å². The van der Waals surface area contributed by atoms with Crippen LogP contribution in [-0.2, 0) is 20.7 Å². The van der Waals surface area contributed by atoms with E-state index in [-0.39, 0.29) is 17.8 Å². The number of hydrogen-bond donors (Lipinski definition) is 1. The Kier molecular flexibility index (Phi) is 8.26. The van der Waals surface area contributed by atoms with Gasteiger partial charge in [0.25, 0.3) is 0 Å². The highest BCUT2D eigenvalue weighted by Crippen LogP contribution is 2.11. The summed E-state index contributed by atoms with van der Waals surface area (Å²) < 4.78 is 5.12. The van der Waals surface area contributed by atoms with E-state index in [0.29, 0.717) is 31.9 Å². The van der Waals surface area contributed by atoms with Gasteiger partial charge in [0, 0.05) is 13.0 Å². The summed E-state index contributed by atoms with van der Waals surface area (Å²) >= 11 is 0. The van der Waals surface area contributed by atoms with Crippen molar-refractivity contribution in [1.82, 2.24) is 5.32 Å². The number of rotatable bonds is 9. The van der Waals surface area contributed by atoms with E-state index in [2.05, 4.69) is 19.2 Å². The monoisotopic (exact) mass is 305 g/mol. The van der Waals surface area contributed by atoms with E-state index < -0.39 is 0 Å². The predicted molar refractivity (Wildman–Crippen MR) is 87.4 cm³/mol. The zero-order chi connectivity index (χ0) is 16.4. The SMILES string of the molecule is CCOC(=O)C(CNC(=O)CCC(C)C)Cc1ccccc1. The van der Waals surface area contributed by atoms with Crippen LogP contribution >= 0.6 is 0 Å². The molecule has 1 rings (SSSR count). The molecule has 0 aliphatic carbocycles. The zero-order valence-electron chi connectivity index (χ0n) is 13.8. The quantitative estimate of drug-likeness (QED) is 0.714. The highest BCUT2D eigenvalue weighted by Gasteiger charge is 2.21. The van der Waals surface area contributed by atoms with E-state index in [9.17, 15) is 9.59 Å². The lowest BCUT2D eigenvalue weighted by molar-refractivity contribution is -0.147. The van der Waals surface area contributed by atoms with E-state index in [1.165, 1.54) is 0 Å². The molecule has 0 heterocycles. The Balaban J connectivity index is 2.55. The summed E-state index contributed by atoms with van der Waals surface area (Å²) in [7, 11) is 0. The van der Waals surface area contributed by atoms with Crippen LogP contribution in [0.15, 0.2) is 30.3 Å². The van der Waals surface area contributed by atoms with E-state index in [0.717, 1.165) is 12.0 Å². The Labute approximate surface area is 133 Å². The van der Waals surface area contributed by atoms with Crippen LogP contribution < -0.4 is 5.32 Å². The molecule has 1 amide bonds. The number of benzene rings is 1. The molecule has 4 heteroatoms. The highest BCUT2D eigenvalue weighted by atomic mass is 16.5. The smallest absolute Gasteiger partial charge is 0.311 e. The van der Waals surface area contributed by atoms with Crippen LogP contribution in [0.3, 0.4) is 0 Å². The van der Waals surface area contributed by atoms with Gasteiger partial charge in [-0.1, -0.05) is 44.2 Å². The molecule has 0 radical (unpaired) electrons. The number of esters is 1. The summed E-state index contributed by atoms with van der Waals surface area (Å²) in [5.41, 5.74) is 1.07. The van der Waals surface area contributed by atoms with Gasteiger partial charge in [0.05, 0.1) is 12.5 Å². The van der Waals surface area contributed by atoms with Gasteiger partial charge in [-0.2, -0.15) is 0 Å². The van der Waals surface area contributed by atoms with Crippen molar-refractivity contribution in [2.75, 3.05) is 13.2 Å². The number of ether oxygens (including phenoxy) is 1. The zero-order valence-corrected chi connectivity index (χ0v) is 13.8. The summed E-state index contributed by atoms with van der Waals surface area (Å²) in [6.45, 7) is 6.64. The fourth-order valence-electron chi connectivity index (χ4n) is 2.14. The largest absolute Gasteiger partial charge is 0.466 e. The molecule has 1 aromatic carbocycles. The van der Waals surface area contributed by atoms with Crippen molar-refractivity contribution in [3.8, 4) is 0 Å². The van der Waals surface area contributed by atoms with Gasteiger partial charge in [0.15, 0.2) is 0 Å². The minimum Gasteiger partial charge on any atom is -0.466 e. The second kappa shape index (κ2) is 9.98. The van der Waals surface area contributed by atoms with Gasteiger partial charge in [0.2, 0.25) is 5.91 Å². The normalized spacial score (nSPS) is 12.0. The van der Waals surface area contributed by atoms with Crippen LogP contribution in [0.2, 0.25) is 0 Å². The van der Waals surface area contributed by atoms with Gasteiger partial charge in [-0.15, -0.1) is 0 Å². The summed E-state index contributed by atoms with van der Waals surface area (Å²) in [4.78, 5) is 23.9. The first kappa shape index (κ1) is 18.2. The van der Waals surface area contributed by atoms with Crippen molar-refractivity contribution in [2.45, 2.75) is 40.0 Å². The maximum absolute atomic E-state index is 12.1. The predicted octanol–water partition coefficient (Wildman–Crippen LogP) is 2.96. The van der Waals surface area contributed by atoms with Crippen LogP contribution in [0.1, 0.15) is 39.2 Å². The Morgan fingerprint density at radius 3 is 2.45 bits per heavy atom. The van der Waals surface area contributed by atoms with Crippen LogP contribution in [0.4, 0.5) is 0 Å². The molecule has 1 unspecified atom stereocenters. The van der Waals surface area contributed by atoms with Crippen molar-refractivity contribution >= 4 is 11.9 Å². The van der Waals surface area contributed by atoms with Gasteiger partial charge in [-0.05, 0) is 31.2 Å². The molecule has 122 valence electrons. The Hall–Kier alpha value is -1.84. The fraction of sp³-hybridized carbons (Fsp3) is 0.556. The first-order chi connectivity index (χ1) is 10.5. The first-order valence-corrected chi connectivity index (χ1v) is 8.00. The molecule has 0 spiro atoms. The maximum Gasteiger partial charge on any atom is 0.311 e. The summed E-state index contributed by atoms with van der Waals surface area (Å²) in [5, 5.41) is 2.86. The molecule has 22 heavy (non-hydrogen) atoms. The number of hydrogen-bond acceptors (Lipinski definition) is 3. The standard InChI is InChI=1S/C18H27NO3/c1-4-22-18(21)16(12-15-8-6-5-7-9-15)13-19-17(20)11-10-14(2)3/h5-9,14,16H,4,10-13H2,1-3H3,(H,19,20). The Morgan fingerprint density at radius 2 is 1.86 bits per heavy atom. The van der Waals surface area contributed by atoms with E-state index >= 15 is 0 Å². The Bertz CT molecular complexity index is 457. The van der Waals surface area contributed by atoms with Crippen molar-refractivity contribution in [2.24, 2.45) is 11.8 Å². The van der Waals surface area contributed by atoms with Crippen molar-refractivity contribution < 1.29 is 14.3 Å². The van der Waals surface area contributed by atoms with Crippen LogP contribution in [0.5, 0.6) is 0 Å². The van der Waals surface area contributed by atoms with E-state index in [1.807, 2.05) is 30.3 Å². The molecule has 0 aliphatic heterocycles. The molecule has 0 aliphatic rings. The van der Waals surface area contributed by atoms with Crippen molar-refractivity contribution in [3.05, 3.63) is 35.9 Å². The number of carbonyl (C=O) groups excluding carboxylic acids is 2. The van der Waals surface area contributed by atoms with Gasteiger partial charge < -0.3 is 10.1 Å².